The van der Waals surface area contributed by atoms with E-state index in [-0.39, 0.29) is 17.0 Å². The zero-order chi connectivity index (χ0) is 4.99. The van der Waals surface area contributed by atoms with Crippen LogP contribution in [0.2, 0.25) is 0 Å². The quantitative estimate of drug-likeness (QED) is 0.529. The van der Waals surface area contributed by atoms with Gasteiger partial charge in [0.15, 0.2) is 0 Å². The fraction of sp³-hybridized carbons (Fsp3) is 0.500. The Kier molecular flexibility index (Phi) is 9.13. The van der Waals surface area contributed by atoms with Gasteiger partial charge in [0.05, 0.1) is 5.45 Å². The van der Waals surface area contributed by atoms with Gasteiger partial charge >= 0.3 is 6.09 Å². The second-order valence-electron chi connectivity index (χ2n) is 0.616. The molecule has 0 radical (unpaired) electrons. The number of carbonyl (C=O) groups is 1. The zero-order valence-electron chi connectivity index (χ0n) is 3.35. The van der Waals surface area contributed by atoms with Crippen LogP contribution in [0.15, 0.2) is 0 Å². The van der Waals surface area contributed by atoms with Gasteiger partial charge in [0.1, 0.15) is 0 Å². The Morgan fingerprint density at radius 1 is 1.86 bits per heavy atom. The number of halogens is 2. The molecular weight excluding hydrogens is 230 g/mol. The highest BCUT2D eigenvalue weighted by Crippen LogP contribution is 1.69. The first kappa shape index (κ1) is 10.3. The third-order valence-electron chi connectivity index (χ3n) is 0.218. The zero-order valence-corrected chi connectivity index (χ0v) is 6.65. The lowest BCUT2D eigenvalue weighted by Gasteiger charge is -1.85. The molecule has 0 rings (SSSR count). The first-order valence-corrected chi connectivity index (χ1v) is 2.42. The minimum Gasteiger partial charge on any atom is -0.465 e. The maximum atomic E-state index is 9.46. The van der Waals surface area contributed by atoms with E-state index < -0.39 is 6.09 Å². The summed E-state index contributed by atoms with van der Waals surface area (Å²) in [6.07, 6.45) is -1.01. The first-order valence-electron chi connectivity index (χ1n) is 1.30. The molecule has 0 atom stereocenters. The molecule has 0 bridgehead atoms. The molecule has 0 aromatic heterocycles. The summed E-state index contributed by atoms with van der Waals surface area (Å²) < 4.78 is 0. The van der Waals surface area contributed by atoms with Gasteiger partial charge in [-0.25, -0.2) is 4.79 Å². The van der Waals surface area contributed by atoms with Crippen LogP contribution in [0.1, 0.15) is 0 Å². The summed E-state index contributed by atoms with van der Waals surface area (Å²) in [4.78, 5) is 9.46. The molecule has 0 unspecified atom stereocenters. The van der Waals surface area contributed by atoms with Crippen LogP contribution in [0.3, 0.4) is 0 Å². The van der Waals surface area contributed by atoms with Crippen LogP contribution in [0, 0.1) is 0 Å². The highest BCUT2D eigenvalue weighted by molar-refractivity contribution is 9.09. The van der Waals surface area contributed by atoms with Gasteiger partial charge in [-0.05, 0) is 0 Å². The lowest BCUT2D eigenvalue weighted by molar-refractivity contribution is 0.196. The Hall–Kier alpha value is 0.230. The summed E-state index contributed by atoms with van der Waals surface area (Å²) in [6, 6.07) is 0. The van der Waals surface area contributed by atoms with Crippen LogP contribution < -0.4 is 5.32 Å². The first-order chi connectivity index (χ1) is 2.77. The average molecular weight is 235 g/mol. The van der Waals surface area contributed by atoms with Crippen molar-refractivity contribution in [3.63, 3.8) is 0 Å². The van der Waals surface area contributed by atoms with Gasteiger partial charge in [0, 0.05) is 0 Å². The van der Waals surface area contributed by atoms with Crippen LogP contribution in [0.5, 0.6) is 0 Å². The molecular formula is C2H5Br2NO2. The van der Waals surface area contributed by atoms with Crippen molar-refractivity contribution in [2.45, 2.75) is 0 Å². The third-order valence-corrected chi connectivity index (χ3v) is 0.498. The van der Waals surface area contributed by atoms with E-state index in [0.717, 1.165) is 0 Å². The summed E-state index contributed by atoms with van der Waals surface area (Å²) in [5.74, 6) is 0. The van der Waals surface area contributed by atoms with Crippen molar-refractivity contribution in [3.05, 3.63) is 0 Å². The fourth-order valence-electron chi connectivity index (χ4n) is 0.0572. The number of hydrogen-bond acceptors (Lipinski definition) is 1. The van der Waals surface area contributed by atoms with Crippen LogP contribution in [0.25, 0.3) is 0 Å². The predicted molar refractivity (Wildman–Crippen MR) is 35.3 cm³/mol. The van der Waals surface area contributed by atoms with Crippen molar-refractivity contribution >= 4 is 39.0 Å². The molecule has 5 heteroatoms. The van der Waals surface area contributed by atoms with Gasteiger partial charge in [0.25, 0.3) is 0 Å². The average Bonchev–Trinajstić information content (AvgIpc) is 1.35. The summed E-state index contributed by atoms with van der Waals surface area (Å²) in [7, 11) is 0. The largest absolute Gasteiger partial charge is 0.465 e. The molecule has 44 valence electrons. The second-order valence-corrected chi connectivity index (χ2v) is 1.18. The molecule has 0 aliphatic heterocycles. The van der Waals surface area contributed by atoms with Crippen molar-refractivity contribution in [3.8, 4) is 0 Å². The van der Waals surface area contributed by atoms with Crippen LogP contribution in [0.4, 0.5) is 4.79 Å². The monoisotopic (exact) mass is 233 g/mol. The number of hydrogen-bond donors (Lipinski definition) is 2. The Balaban J connectivity index is 0. The van der Waals surface area contributed by atoms with Crippen molar-refractivity contribution < 1.29 is 9.90 Å². The molecule has 0 aliphatic carbocycles. The molecule has 3 nitrogen and oxygen atoms in total. The molecule has 2 N–H and O–H groups in total. The summed E-state index contributed by atoms with van der Waals surface area (Å²) in [6.45, 7) is 0. The lowest BCUT2D eigenvalue weighted by Crippen LogP contribution is -2.17. The Morgan fingerprint density at radius 3 is 2.29 bits per heavy atom. The highest BCUT2D eigenvalue weighted by atomic mass is 79.9. The van der Waals surface area contributed by atoms with Crippen molar-refractivity contribution in [1.82, 2.24) is 5.32 Å². The van der Waals surface area contributed by atoms with E-state index in [1.54, 1.807) is 0 Å². The third kappa shape index (κ3) is 10.7. The molecule has 0 aliphatic rings. The Bertz CT molecular complexity index is 57.7. The smallest absolute Gasteiger partial charge is 0.405 e. The highest BCUT2D eigenvalue weighted by Gasteiger charge is 1.84. The van der Waals surface area contributed by atoms with Crippen molar-refractivity contribution in [1.29, 1.82) is 0 Å². The maximum Gasteiger partial charge on any atom is 0.405 e. The summed E-state index contributed by atoms with van der Waals surface area (Å²) in [5.41, 5.74) is 0.294. The molecule has 0 aromatic carbocycles. The molecule has 0 saturated heterocycles. The van der Waals surface area contributed by atoms with E-state index in [2.05, 4.69) is 15.9 Å². The van der Waals surface area contributed by atoms with E-state index in [1.165, 1.54) is 0 Å². The van der Waals surface area contributed by atoms with E-state index in [9.17, 15) is 4.79 Å². The minimum atomic E-state index is -1.01. The fourth-order valence-corrected chi connectivity index (χ4v) is 0.297. The number of rotatable bonds is 1. The molecule has 0 saturated carbocycles. The number of alkyl halides is 1. The molecule has 0 spiro atoms. The SMILES string of the molecule is Br.O=C(O)NCBr. The van der Waals surface area contributed by atoms with E-state index >= 15 is 0 Å². The Labute approximate surface area is 60.0 Å². The summed E-state index contributed by atoms with van der Waals surface area (Å²) in [5, 5.41) is 9.81. The predicted octanol–water partition coefficient (Wildman–Crippen LogP) is 1.18. The normalized spacial score (nSPS) is 6.43. The van der Waals surface area contributed by atoms with Gasteiger partial charge in [0.2, 0.25) is 0 Å². The molecule has 0 fully saturated rings. The molecule has 1 amide bonds. The van der Waals surface area contributed by atoms with Gasteiger partial charge < -0.3 is 10.4 Å². The van der Waals surface area contributed by atoms with Crippen molar-refractivity contribution in [2.24, 2.45) is 0 Å². The molecule has 0 aromatic rings. The number of amides is 1. The minimum absolute atomic E-state index is 0. The molecule has 7 heavy (non-hydrogen) atoms. The number of nitrogens with one attached hydrogen (secondary N) is 1. The van der Waals surface area contributed by atoms with Crippen LogP contribution >= 0.6 is 32.9 Å². The van der Waals surface area contributed by atoms with Crippen LogP contribution in [-0.4, -0.2) is 16.7 Å². The van der Waals surface area contributed by atoms with E-state index in [0.29, 0.717) is 5.45 Å². The van der Waals surface area contributed by atoms with Gasteiger partial charge in [-0.1, -0.05) is 15.9 Å². The maximum absolute atomic E-state index is 9.46. The van der Waals surface area contributed by atoms with E-state index in [1.807, 2.05) is 5.32 Å². The van der Waals surface area contributed by atoms with Gasteiger partial charge in [-0.3, -0.25) is 0 Å². The van der Waals surface area contributed by atoms with Gasteiger partial charge in [-0.15, -0.1) is 17.0 Å². The second kappa shape index (κ2) is 6.23. The van der Waals surface area contributed by atoms with Gasteiger partial charge in [-0.2, -0.15) is 0 Å². The van der Waals surface area contributed by atoms with E-state index in [4.69, 9.17) is 5.11 Å². The van der Waals surface area contributed by atoms with Crippen LogP contribution in [-0.2, 0) is 0 Å². The molecule has 0 heterocycles. The Morgan fingerprint density at radius 2 is 2.29 bits per heavy atom. The summed E-state index contributed by atoms with van der Waals surface area (Å²) >= 11 is 2.86. The lowest BCUT2D eigenvalue weighted by atomic mass is 11.1. The number of carboxylic acid groups (broad SMARTS) is 1. The van der Waals surface area contributed by atoms with Crippen molar-refractivity contribution in [2.75, 3.05) is 5.45 Å². The standard InChI is InChI=1S/C2H4BrNO2.BrH/c3-1-4-2(5)6;/h4H,1H2,(H,5,6);1H. The topological polar surface area (TPSA) is 49.3 Å².